The predicted molar refractivity (Wildman–Crippen MR) is 110 cm³/mol. The van der Waals surface area contributed by atoms with Crippen LogP contribution in [0.4, 0.5) is 0 Å². The highest BCUT2D eigenvalue weighted by Gasteiger charge is 2.20. The molecule has 2 aromatic heterocycles. The summed E-state index contributed by atoms with van der Waals surface area (Å²) in [6, 6.07) is 0. The van der Waals surface area contributed by atoms with E-state index in [0.717, 1.165) is 17.8 Å². The van der Waals surface area contributed by atoms with Crippen LogP contribution in [0, 0.1) is 0 Å². The molecule has 0 amide bonds. The number of hydrogen-bond acceptors (Lipinski definition) is 7. The van der Waals surface area contributed by atoms with Gasteiger partial charge in [-0.05, 0) is 6.42 Å². The van der Waals surface area contributed by atoms with Crippen molar-refractivity contribution in [3.8, 4) is 11.8 Å². The highest BCUT2D eigenvalue weighted by atomic mass is 16.5. The SMILES string of the molecule is CCc1cnc(C(C)(C)C)nc1OC.COc1nc(C(C)(C)C)ncc1CO. The van der Waals surface area contributed by atoms with E-state index in [9.17, 15) is 0 Å². The smallest absolute Gasteiger partial charge is 0.221 e. The van der Waals surface area contributed by atoms with Gasteiger partial charge in [-0.25, -0.2) is 9.97 Å². The summed E-state index contributed by atoms with van der Waals surface area (Å²) in [5.74, 6) is 2.69. The van der Waals surface area contributed by atoms with E-state index in [1.165, 1.54) is 7.11 Å². The maximum Gasteiger partial charge on any atom is 0.221 e. The molecule has 7 nitrogen and oxygen atoms in total. The van der Waals surface area contributed by atoms with Crippen molar-refractivity contribution in [1.29, 1.82) is 0 Å². The minimum Gasteiger partial charge on any atom is -0.481 e. The summed E-state index contributed by atoms with van der Waals surface area (Å²) >= 11 is 0. The largest absolute Gasteiger partial charge is 0.481 e. The Labute approximate surface area is 168 Å². The average molecular weight is 391 g/mol. The highest BCUT2D eigenvalue weighted by Crippen LogP contribution is 2.23. The van der Waals surface area contributed by atoms with Crippen molar-refractivity contribution in [3.63, 3.8) is 0 Å². The summed E-state index contributed by atoms with van der Waals surface area (Å²) in [6.45, 7) is 14.3. The molecular weight excluding hydrogens is 356 g/mol. The standard InChI is InChI=1S/C11H18N2O.C10H16N2O2/c1-6-8-7-12-10(11(2,3)4)13-9(8)14-5;1-10(2,3)9-11-5-7(6-13)8(12-9)14-4/h7H,6H2,1-5H3;5,13H,6H2,1-4H3. The van der Waals surface area contributed by atoms with E-state index in [0.29, 0.717) is 23.1 Å². The molecule has 0 unspecified atom stereocenters. The van der Waals surface area contributed by atoms with Gasteiger partial charge in [0.2, 0.25) is 11.8 Å². The second-order valence-electron chi connectivity index (χ2n) is 8.47. The van der Waals surface area contributed by atoms with Gasteiger partial charge in [0.15, 0.2) is 0 Å². The normalized spacial score (nSPS) is 11.5. The molecule has 0 saturated heterocycles. The van der Waals surface area contributed by atoms with E-state index in [1.54, 1.807) is 13.3 Å². The maximum absolute atomic E-state index is 8.98. The first kappa shape index (κ1) is 23.8. The molecule has 7 heteroatoms. The summed E-state index contributed by atoms with van der Waals surface area (Å²) in [5.41, 5.74) is 1.53. The molecule has 28 heavy (non-hydrogen) atoms. The Morgan fingerprint density at radius 3 is 1.50 bits per heavy atom. The number of nitrogens with zero attached hydrogens (tertiary/aromatic N) is 4. The minimum absolute atomic E-state index is 0.0282. The monoisotopic (exact) mass is 390 g/mol. The van der Waals surface area contributed by atoms with Crippen LogP contribution in [0.1, 0.15) is 71.2 Å². The van der Waals surface area contributed by atoms with Crippen LogP contribution in [0.15, 0.2) is 12.4 Å². The molecule has 0 aromatic carbocycles. The van der Waals surface area contributed by atoms with Crippen LogP contribution < -0.4 is 9.47 Å². The Kier molecular flexibility index (Phi) is 8.29. The van der Waals surface area contributed by atoms with Crippen LogP contribution >= 0.6 is 0 Å². The van der Waals surface area contributed by atoms with Crippen molar-refractivity contribution in [2.45, 2.75) is 72.3 Å². The molecular formula is C21H34N4O3. The van der Waals surface area contributed by atoms with E-state index in [2.05, 4.69) is 47.6 Å². The van der Waals surface area contributed by atoms with E-state index < -0.39 is 0 Å². The van der Waals surface area contributed by atoms with E-state index in [4.69, 9.17) is 14.6 Å². The summed E-state index contributed by atoms with van der Waals surface area (Å²) < 4.78 is 10.3. The molecule has 0 aliphatic rings. The van der Waals surface area contributed by atoms with Crippen molar-refractivity contribution in [2.24, 2.45) is 0 Å². The Bertz CT molecular complexity index is 700. The summed E-state index contributed by atoms with van der Waals surface area (Å²) in [5, 5.41) is 8.98. The van der Waals surface area contributed by atoms with Crippen LogP contribution in [0.3, 0.4) is 0 Å². The zero-order chi connectivity index (χ0) is 21.5. The Morgan fingerprint density at radius 1 is 0.786 bits per heavy atom. The molecule has 0 bridgehead atoms. The lowest BCUT2D eigenvalue weighted by Gasteiger charge is -2.17. The molecule has 0 radical (unpaired) electrons. The third-order valence-corrected chi connectivity index (χ3v) is 3.93. The Morgan fingerprint density at radius 2 is 1.18 bits per heavy atom. The predicted octanol–water partition coefficient (Wildman–Crippen LogP) is 3.62. The fraction of sp³-hybridized carbons (Fsp3) is 0.619. The molecule has 0 saturated carbocycles. The number of aliphatic hydroxyl groups excluding tert-OH is 1. The van der Waals surface area contributed by atoms with Crippen molar-refractivity contribution in [2.75, 3.05) is 14.2 Å². The van der Waals surface area contributed by atoms with E-state index >= 15 is 0 Å². The molecule has 2 heterocycles. The lowest BCUT2D eigenvalue weighted by atomic mass is 9.95. The first-order valence-corrected chi connectivity index (χ1v) is 9.39. The van der Waals surface area contributed by atoms with Crippen molar-refractivity contribution < 1.29 is 14.6 Å². The highest BCUT2D eigenvalue weighted by molar-refractivity contribution is 5.25. The lowest BCUT2D eigenvalue weighted by molar-refractivity contribution is 0.269. The van der Waals surface area contributed by atoms with Gasteiger partial charge in [0.25, 0.3) is 0 Å². The molecule has 2 rings (SSSR count). The van der Waals surface area contributed by atoms with Gasteiger partial charge in [-0.1, -0.05) is 48.5 Å². The van der Waals surface area contributed by atoms with Crippen molar-refractivity contribution in [3.05, 3.63) is 35.2 Å². The van der Waals surface area contributed by atoms with Gasteiger partial charge in [0.05, 0.1) is 26.4 Å². The Balaban J connectivity index is 0.000000280. The number of ether oxygens (including phenoxy) is 2. The summed E-state index contributed by atoms with van der Waals surface area (Å²) in [7, 11) is 3.18. The topological polar surface area (TPSA) is 90.3 Å². The number of aromatic nitrogens is 4. The number of methoxy groups -OCH3 is 2. The molecule has 1 N–H and O–H groups in total. The second kappa shape index (κ2) is 9.78. The average Bonchev–Trinajstić information content (AvgIpc) is 2.65. The quantitative estimate of drug-likeness (QED) is 0.852. The van der Waals surface area contributed by atoms with Gasteiger partial charge in [0.1, 0.15) is 11.6 Å². The Hall–Kier alpha value is -2.28. The molecule has 156 valence electrons. The molecule has 0 fully saturated rings. The van der Waals surface area contributed by atoms with Gasteiger partial charge >= 0.3 is 0 Å². The molecule has 0 atom stereocenters. The van der Waals surface area contributed by atoms with Crippen LogP contribution in [-0.4, -0.2) is 39.3 Å². The van der Waals surface area contributed by atoms with Crippen LogP contribution in [0.5, 0.6) is 11.8 Å². The zero-order valence-electron chi connectivity index (χ0n) is 18.6. The number of aryl methyl sites for hydroxylation is 1. The summed E-state index contributed by atoms with van der Waals surface area (Å²) in [6.07, 6.45) is 4.35. The van der Waals surface area contributed by atoms with Crippen molar-refractivity contribution in [1.82, 2.24) is 19.9 Å². The molecule has 0 spiro atoms. The van der Waals surface area contributed by atoms with Crippen LogP contribution in [0.2, 0.25) is 0 Å². The van der Waals surface area contributed by atoms with Gasteiger partial charge in [0, 0.05) is 28.8 Å². The second-order valence-corrected chi connectivity index (χ2v) is 8.47. The van der Waals surface area contributed by atoms with Crippen LogP contribution in [0.25, 0.3) is 0 Å². The van der Waals surface area contributed by atoms with Gasteiger partial charge in [-0.15, -0.1) is 0 Å². The first-order valence-electron chi connectivity index (χ1n) is 9.39. The van der Waals surface area contributed by atoms with Crippen molar-refractivity contribution >= 4 is 0 Å². The van der Waals surface area contributed by atoms with Gasteiger partial charge in [-0.3, -0.25) is 0 Å². The fourth-order valence-corrected chi connectivity index (χ4v) is 2.21. The number of hydrogen-bond donors (Lipinski definition) is 1. The third-order valence-electron chi connectivity index (χ3n) is 3.93. The minimum atomic E-state index is -0.110. The summed E-state index contributed by atoms with van der Waals surface area (Å²) in [4.78, 5) is 17.2. The van der Waals surface area contributed by atoms with Gasteiger partial charge < -0.3 is 14.6 Å². The fourth-order valence-electron chi connectivity index (χ4n) is 2.21. The van der Waals surface area contributed by atoms with Crippen LogP contribution in [-0.2, 0) is 23.9 Å². The molecule has 0 aliphatic heterocycles. The van der Waals surface area contributed by atoms with E-state index in [-0.39, 0.29) is 17.4 Å². The maximum atomic E-state index is 8.98. The first-order chi connectivity index (χ1) is 13.0. The van der Waals surface area contributed by atoms with E-state index in [1.807, 2.05) is 27.0 Å². The molecule has 0 aliphatic carbocycles. The lowest BCUT2D eigenvalue weighted by Crippen LogP contribution is -2.17. The zero-order valence-corrected chi connectivity index (χ0v) is 18.6. The third kappa shape index (κ3) is 6.41. The number of rotatable bonds is 4. The number of aliphatic hydroxyl groups is 1. The van der Waals surface area contributed by atoms with Gasteiger partial charge in [-0.2, -0.15) is 9.97 Å². The molecule has 2 aromatic rings.